The number of unbranched alkanes of at least 4 members (excludes halogenated alkanes) is 1. The number of halogens is 1. The summed E-state index contributed by atoms with van der Waals surface area (Å²) in [6.07, 6.45) is 4.72. The lowest BCUT2D eigenvalue weighted by atomic mass is 10.0. The maximum atomic E-state index is 11.3. The van der Waals surface area contributed by atoms with E-state index >= 15 is 0 Å². The molecule has 1 aromatic carbocycles. The number of rotatable bonds is 9. The fraction of sp³-hybridized carbons (Fsp3) is 0.600. The normalized spacial score (nSPS) is 13.3. The molecular formula is C15H23ClO3S. The molecule has 0 aliphatic rings. The van der Waals surface area contributed by atoms with Crippen LogP contribution in [0.2, 0.25) is 0 Å². The summed E-state index contributed by atoms with van der Waals surface area (Å²) >= 11 is 0. The lowest BCUT2D eigenvalue weighted by molar-refractivity contribution is 0.0819. The predicted molar refractivity (Wildman–Crippen MR) is 82.4 cm³/mol. The number of hydrogen-bond acceptors (Lipinski definition) is 3. The van der Waals surface area contributed by atoms with Gasteiger partial charge in [0.25, 0.3) is 9.05 Å². The van der Waals surface area contributed by atoms with E-state index in [0.717, 1.165) is 12.0 Å². The van der Waals surface area contributed by atoms with Gasteiger partial charge in [-0.15, -0.1) is 0 Å². The lowest BCUT2D eigenvalue weighted by Gasteiger charge is -2.14. The summed E-state index contributed by atoms with van der Waals surface area (Å²) in [6, 6.07) is 6.58. The van der Waals surface area contributed by atoms with Gasteiger partial charge in [-0.2, -0.15) is 0 Å². The summed E-state index contributed by atoms with van der Waals surface area (Å²) in [6.45, 7) is 5.49. The van der Waals surface area contributed by atoms with Crippen LogP contribution in [0, 0.1) is 5.92 Å². The van der Waals surface area contributed by atoms with E-state index in [1.54, 1.807) is 12.1 Å². The molecule has 0 N–H and O–H groups in total. The standard InChI is InChI=1S/C15H23ClO3S/c1-3-5-7-13(4-2)11-19-12-14-8-6-9-15(10-14)20(16,17)18/h6,8-10,13H,3-5,7,11-12H2,1-2H3. The van der Waals surface area contributed by atoms with Gasteiger partial charge in [0.2, 0.25) is 0 Å². The van der Waals surface area contributed by atoms with Gasteiger partial charge in [0.15, 0.2) is 0 Å². The van der Waals surface area contributed by atoms with Crippen LogP contribution in [0.15, 0.2) is 29.2 Å². The van der Waals surface area contributed by atoms with Crippen LogP contribution < -0.4 is 0 Å². The van der Waals surface area contributed by atoms with Crippen molar-refractivity contribution in [3.05, 3.63) is 29.8 Å². The molecule has 0 radical (unpaired) electrons. The molecule has 0 spiro atoms. The van der Waals surface area contributed by atoms with E-state index in [4.69, 9.17) is 15.4 Å². The molecule has 1 atom stereocenters. The molecule has 20 heavy (non-hydrogen) atoms. The van der Waals surface area contributed by atoms with Crippen molar-refractivity contribution in [3.63, 3.8) is 0 Å². The molecule has 3 nitrogen and oxygen atoms in total. The molecule has 1 aromatic rings. The maximum Gasteiger partial charge on any atom is 0.261 e. The van der Waals surface area contributed by atoms with Crippen LogP contribution in [0.4, 0.5) is 0 Å². The zero-order valence-corrected chi connectivity index (χ0v) is 13.7. The number of hydrogen-bond donors (Lipinski definition) is 0. The third kappa shape index (κ3) is 6.25. The highest BCUT2D eigenvalue weighted by atomic mass is 35.7. The summed E-state index contributed by atoms with van der Waals surface area (Å²) in [5.41, 5.74) is 0.831. The van der Waals surface area contributed by atoms with Crippen LogP contribution in [-0.2, 0) is 20.4 Å². The van der Waals surface area contributed by atoms with E-state index in [2.05, 4.69) is 13.8 Å². The molecule has 5 heteroatoms. The van der Waals surface area contributed by atoms with Crippen LogP contribution in [0.5, 0.6) is 0 Å². The molecule has 0 bridgehead atoms. The Morgan fingerprint density at radius 2 is 2.05 bits per heavy atom. The Morgan fingerprint density at radius 3 is 2.65 bits per heavy atom. The number of benzene rings is 1. The third-order valence-electron chi connectivity index (χ3n) is 3.35. The molecule has 0 aromatic heterocycles. The molecule has 0 amide bonds. The van der Waals surface area contributed by atoms with E-state index in [-0.39, 0.29) is 4.90 Å². The Labute approximate surface area is 126 Å². The average molecular weight is 319 g/mol. The van der Waals surface area contributed by atoms with Crippen LogP contribution in [0.1, 0.15) is 45.1 Å². The molecule has 0 saturated heterocycles. The quantitative estimate of drug-likeness (QED) is 0.636. The molecule has 0 fully saturated rings. The Bertz CT molecular complexity index is 500. The Hall–Kier alpha value is -0.580. The molecule has 114 valence electrons. The van der Waals surface area contributed by atoms with Gasteiger partial charge in [-0.1, -0.05) is 45.2 Å². The summed E-state index contributed by atoms with van der Waals surface area (Å²) in [4.78, 5) is 0.123. The topological polar surface area (TPSA) is 43.4 Å². The van der Waals surface area contributed by atoms with Crippen molar-refractivity contribution >= 4 is 19.7 Å². The largest absolute Gasteiger partial charge is 0.376 e. The van der Waals surface area contributed by atoms with Crippen LogP contribution >= 0.6 is 10.7 Å². The molecule has 0 aliphatic carbocycles. The second-order valence-corrected chi connectivity index (χ2v) is 7.58. The van der Waals surface area contributed by atoms with Crippen LogP contribution in [0.3, 0.4) is 0 Å². The Balaban J connectivity index is 2.49. The van der Waals surface area contributed by atoms with Crippen molar-refractivity contribution in [1.82, 2.24) is 0 Å². The van der Waals surface area contributed by atoms with Gasteiger partial charge < -0.3 is 4.74 Å². The molecule has 1 rings (SSSR count). The van der Waals surface area contributed by atoms with Gasteiger partial charge in [0.05, 0.1) is 11.5 Å². The zero-order chi connectivity index (χ0) is 15.0. The SMILES string of the molecule is CCCCC(CC)COCc1cccc(S(=O)(=O)Cl)c1. The summed E-state index contributed by atoms with van der Waals surface area (Å²) in [5, 5.41) is 0. The van der Waals surface area contributed by atoms with E-state index < -0.39 is 9.05 Å². The zero-order valence-electron chi connectivity index (χ0n) is 12.1. The van der Waals surface area contributed by atoms with Gasteiger partial charge in [-0.25, -0.2) is 8.42 Å². The Morgan fingerprint density at radius 1 is 1.30 bits per heavy atom. The van der Waals surface area contributed by atoms with Crippen molar-refractivity contribution in [1.29, 1.82) is 0 Å². The van der Waals surface area contributed by atoms with Crippen LogP contribution in [0.25, 0.3) is 0 Å². The van der Waals surface area contributed by atoms with Gasteiger partial charge in [0, 0.05) is 17.3 Å². The fourth-order valence-corrected chi connectivity index (χ4v) is 2.85. The van der Waals surface area contributed by atoms with Crippen molar-refractivity contribution in [2.24, 2.45) is 5.92 Å². The van der Waals surface area contributed by atoms with Crippen molar-refractivity contribution in [2.75, 3.05) is 6.61 Å². The second-order valence-electron chi connectivity index (χ2n) is 5.02. The minimum absolute atomic E-state index is 0.123. The summed E-state index contributed by atoms with van der Waals surface area (Å²) < 4.78 is 28.2. The maximum absolute atomic E-state index is 11.3. The Kier molecular flexibility index (Phi) is 7.56. The van der Waals surface area contributed by atoms with Gasteiger partial charge >= 0.3 is 0 Å². The van der Waals surface area contributed by atoms with E-state index in [0.29, 0.717) is 19.1 Å². The smallest absolute Gasteiger partial charge is 0.261 e. The lowest BCUT2D eigenvalue weighted by Crippen LogP contribution is -2.09. The first kappa shape index (κ1) is 17.5. The minimum atomic E-state index is -3.67. The van der Waals surface area contributed by atoms with Gasteiger partial charge in [-0.05, 0) is 30.0 Å². The summed E-state index contributed by atoms with van der Waals surface area (Å²) in [5.74, 6) is 0.579. The molecular weight excluding hydrogens is 296 g/mol. The van der Waals surface area contributed by atoms with Crippen molar-refractivity contribution < 1.29 is 13.2 Å². The first-order valence-electron chi connectivity index (χ1n) is 7.08. The predicted octanol–water partition coefficient (Wildman–Crippen LogP) is 4.35. The first-order chi connectivity index (χ1) is 9.47. The van der Waals surface area contributed by atoms with Crippen LogP contribution in [-0.4, -0.2) is 15.0 Å². The third-order valence-corrected chi connectivity index (χ3v) is 4.70. The highest BCUT2D eigenvalue weighted by molar-refractivity contribution is 8.13. The fourth-order valence-electron chi connectivity index (χ4n) is 2.03. The van der Waals surface area contributed by atoms with Gasteiger partial charge in [-0.3, -0.25) is 0 Å². The monoisotopic (exact) mass is 318 g/mol. The van der Waals surface area contributed by atoms with Gasteiger partial charge in [0.1, 0.15) is 0 Å². The summed E-state index contributed by atoms with van der Waals surface area (Å²) in [7, 11) is 1.66. The van der Waals surface area contributed by atoms with E-state index in [9.17, 15) is 8.42 Å². The second kappa shape index (κ2) is 8.65. The minimum Gasteiger partial charge on any atom is -0.376 e. The average Bonchev–Trinajstić information content (AvgIpc) is 2.42. The molecule has 0 aliphatic heterocycles. The molecule has 0 saturated carbocycles. The first-order valence-corrected chi connectivity index (χ1v) is 9.39. The highest BCUT2D eigenvalue weighted by Crippen LogP contribution is 2.18. The highest BCUT2D eigenvalue weighted by Gasteiger charge is 2.10. The van der Waals surface area contributed by atoms with Crippen molar-refractivity contribution in [3.8, 4) is 0 Å². The van der Waals surface area contributed by atoms with Crippen molar-refractivity contribution in [2.45, 2.75) is 51.0 Å². The van der Waals surface area contributed by atoms with E-state index in [1.165, 1.54) is 25.3 Å². The molecule has 0 heterocycles. The number of ether oxygens (including phenoxy) is 1. The molecule has 1 unspecified atom stereocenters. The van der Waals surface area contributed by atoms with E-state index in [1.807, 2.05) is 6.07 Å².